The van der Waals surface area contributed by atoms with Crippen LogP contribution >= 0.6 is 12.4 Å². The fraction of sp³-hybridized carbons (Fsp3) is 1.00. The molecule has 0 aliphatic heterocycles. The van der Waals surface area contributed by atoms with Gasteiger partial charge in [0.15, 0.2) is 0 Å². The molecule has 0 aromatic carbocycles. The van der Waals surface area contributed by atoms with Crippen molar-refractivity contribution in [2.45, 2.75) is 35.0 Å². The summed E-state index contributed by atoms with van der Waals surface area (Å²) in [7, 11) is 0. The van der Waals surface area contributed by atoms with Crippen molar-refractivity contribution < 1.29 is 18.0 Å². The summed E-state index contributed by atoms with van der Waals surface area (Å²) in [6, 6.07) is 0.0163. The van der Waals surface area contributed by atoms with E-state index >= 15 is 0 Å². The molecule has 0 aromatic heterocycles. The van der Waals surface area contributed by atoms with E-state index in [2.05, 4.69) is 0 Å². The third kappa shape index (κ3) is 6.32. The molecule has 0 heterocycles. The minimum atomic E-state index is 0. The second-order valence-corrected chi connectivity index (χ2v) is 5.22. The first kappa shape index (κ1) is 15.3. The van der Waals surface area contributed by atoms with Gasteiger partial charge in [0.05, 0.1) is 0 Å². The first-order chi connectivity index (χ1) is 4.95. The van der Waals surface area contributed by atoms with E-state index in [0.717, 1.165) is 0 Å². The van der Waals surface area contributed by atoms with Crippen LogP contribution in [0.5, 0.6) is 0 Å². The third-order valence-corrected chi connectivity index (χ3v) is 4.01. The minimum absolute atomic E-state index is 0. The molecule has 0 radical (unpaired) electrons. The van der Waals surface area contributed by atoms with Gasteiger partial charge in [0, 0.05) is 0 Å². The van der Waals surface area contributed by atoms with Gasteiger partial charge in [-0.3, -0.25) is 0 Å². The van der Waals surface area contributed by atoms with Crippen LogP contribution in [0.1, 0.15) is 13.8 Å². The zero-order valence-corrected chi connectivity index (χ0v) is 9.71. The molecular weight excluding hydrogens is 270 g/mol. The van der Waals surface area contributed by atoms with Crippen LogP contribution < -0.4 is 22.9 Å². The maximum absolute atomic E-state index is 5.72. The predicted molar refractivity (Wildman–Crippen MR) is 50.5 cm³/mol. The number of hydrogen-bond acceptors (Lipinski definition) is 4. The summed E-state index contributed by atoms with van der Waals surface area (Å²) in [5.41, 5.74) is 22.6. The van der Waals surface area contributed by atoms with Gasteiger partial charge in [-0.15, -0.1) is 12.4 Å². The molecule has 0 aliphatic rings. The average molecular weight is 289 g/mol. The summed E-state index contributed by atoms with van der Waals surface area (Å²) in [4.78, 5) is 0. The molecule has 0 spiro atoms. The molecule has 4 unspecified atom stereocenters. The zero-order chi connectivity index (χ0) is 9.02. The Hall–Kier alpha value is 0.792. The molecule has 4 atom stereocenters. The van der Waals surface area contributed by atoms with Crippen molar-refractivity contribution in [1.82, 2.24) is 0 Å². The van der Waals surface area contributed by atoms with E-state index in [0.29, 0.717) is 0 Å². The van der Waals surface area contributed by atoms with E-state index in [1.165, 1.54) is 0 Å². The van der Waals surface area contributed by atoms with Crippen molar-refractivity contribution in [2.75, 3.05) is 0 Å². The molecular formula is C6H19ClN4Pd. The molecule has 12 heavy (non-hydrogen) atoms. The van der Waals surface area contributed by atoms with Crippen molar-refractivity contribution in [3.8, 4) is 0 Å². The van der Waals surface area contributed by atoms with Crippen LogP contribution in [-0.4, -0.2) is 21.1 Å². The largest absolute Gasteiger partial charge is 0.147 e. The standard InChI is InChI=1S/2C3H9N2.ClH.Pd/c2*1-3(5)2-4;;/h2*2-3H,4-5H2,1H3;1H;. The van der Waals surface area contributed by atoms with Crippen molar-refractivity contribution >= 4 is 12.4 Å². The maximum Gasteiger partial charge on any atom is -0.147 e. The van der Waals surface area contributed by atoms with Gasteiger partial charge in [-0.25, -0.2) is 0 Å². The Balaban J connectivity index is 0. The molecule has 8 N–H and O–H groups in total. The van der Waals surface area contributed by atoms with Crippen LogP contribution in [0.2, 0.25) is 0 Å². The molecule has 4 nitrogen and oxygen atoms in total. The second-order valence-electron chi connectivity index (χ2n) is 2.63. The normalized spacial score (nSPS) is 20.8. The van der Waals surface area contributed by atoms with Gasteiger partial charge < -0.3 is 0 Å². The summed E-state index contributed by atoms with van der Waals surface area (Å²) >= 11 is 0.251. The average Bonchev–Trinajstić information content (AvgIpc) is 1.87. The Bertz CT molecular complexity index is 99.7. The Labute approximate surface area is 88.4 Å². The summed E-state index contributed by atoms with van der Waals surface area (Å²) in [6.45, 7) is 3.77. The number of hydrogen-bond donors (Lipinski definition) is 4. The van der Waals surface area contributed by atoms with Crippen LogP contribution in [-0.2, 0) is 18.0 Å². The van der Waals surface area contributed by atoms with Crippen molar-refractivity contribution in [3.05, 3.63) is 0 Å². The number of rotatable bonds is 4. The Kier molecular flexibility index (Phi) is 9.19. The molecule has 0 amide bonds. The topological polar surface area (TPSA) is 104 Å². The van der Waals surface area contributed by atoms with Crippen LogP contribution in [0, 0.1) is 0 Å². The summed E-state index contributed by atoms with van der Waals surface area (Å²) in [5, 5.41) is 0. The van der Waals surface area contributed by atoms with Crippen molar-refractivity contribution in [3.63, 3.8) is 0 Å². The summed E-state index contributed by atoms with van der Waals surface area (Å²) < 4.78 is 0.00926. The van der Waals surface area contributed by atoms with Gasteiger partial charge in [-0.1, -0.05) is 0 Å². The fourth-order valence-corrected chi connectivity index (χ4v) is 1.97. The fourth-order valence-electron chi connectivity index (χ4n) is 0.333. The molecule has 80 valence electrons. The Morgan fingerprint density at radius 2 is 1.08 bits per heavy atom. The Morgan fingerprint density at radius 1 is 0.833 bits per heavy atom. The van der Waals surface area contributed by atoms with E-state index in [1.54, 1.807) is 0 Å². The molecule has 0 saturated heterocycles. The molecule has 0 bridgehead atoms. The SMILES string of the molecule is CC(N)[CH](N)[Pd][CH](N)C(C)N.Cl. The van der Waals surface area contributed by atoms with Crippen LogP contribution in [0.4, 0.5) is 0 Å². The quantitative estimate of drug-likeness (QED) is 0.486. The van der Waals surface area contributed by atoms with Gasteiger partial charge in [0.2, 0.25) is 0 Å². The van der Waals surface area contributed by atoms with Crippen molar-refractivity contribution in [2.24, 2.45) is 22.9 Å². The molecule has 6 heteroatoms. The smallest absolute Gasteiger partial charge is 0.147 e. The third-order valence-electron chi connectivity index (χ3n) is 1.18. The molecule has 0 aliphatic carbocycles. The van der Waals surface area contributed by atoms with Crippen LogP contribution in [0.3, 0.4) is 0 Å². The van der Waals surface area contributed by atoms with Crippen molar-refractivity contribution in [1.29, 1.82) is 0 Å². The van der Waals surface area contributed by atoms with E-state index in [1.807, 2.05) is 13.8 Å². The summed E-state index contributed by atoms with van der Waals surface area (Å²) in [5.74, 6) is 0. The monoisotopic (exact) mass is 288 g/mol. The van der Waals surface area contributed by atoms with E-state index in [4.69, 9.17) is 22.9 Å². The Morgan fingerprint density at radius 3 is 1.25 bits per heavy atom. The summed E-state index contributed by atoms with van der Waals surface area (Å²) in [6.07, 6.45) is 0. The second kappa shape index (κ2) is 7.22. The van der Waals surface area contributed by atoms with Gasteiger partial charge in [-0.2, -0.15) is 0 Å². The molecule has 0 rings (SSSR count). The molecule has 0 fully saturated rings. The van der Waals surface area contributed by atoms with Gasteiger partial charge in [0.1, 0.15) is 0 Å². The van der Waals surface area contributed by atoms with Crippen LogP contribution in [0.15, 0.2) is 0 Å². The number of nitrogens with two attached hydrogens (primary N) is 4. The van der Waals surface area contributed by atoms with Crippen LogP contribution in [0.25, 0.3) is 0 Å². The van der Waals surface area contributed by atoms with E-state index in [-0.39, 0.29) is 51.5 Å². The zero-order valence-electron chi connectivity index (χ0n) is 7.34. The first-order valence-corrected chi connectivity index (χ1v) is 5.31. The maximum atomic E-state index is 5.72. The van der Waals surface area contributed by atoms with Gasteiger partial charge in [0.25, 0.3) is 0 Å². The van der Waals surface area contributed by atoms with Gasteiger partial charge in [-0.05, 0) is 0 Å². The minimum Gasteiger partial charge on any atom is -0.147 e. The first-order valence-electron chi connectivity index (χ1n) is 3.52. The van der Waals surface area contributed by atoms with Gasteiger partial charge >= 0.3 is 75.9 Å². The van der Waals surface area contributed by atoms with E-state index in [9.17, 15) is 0 Å². The number of halogens is 1. The molecule has 0 aromatic rings. The van der Waals surface area contributed by atoms with E-state index < -0.39 is 0 Å². The predicted octanol–water partition coefficient (Wildman–Crippen LogP) is -1.25. The molecule has 0 saturated carbocycles.